The van der Waals surface area contributed by atoms with E-state index in [0.717, 1.165) is 12.2 Å². The summed E-state index contributed by atoms with van der Waals surface area (Å²) in [6.07, 6.45) is 1.04. The number of nitrogens with one attached hydrogen (secondary N) is 1. The minimum Gasteiger partial charge on any atom is -0.603 e. The Labute approximate surface area is 309 Å². The lowest BCUT2D eigenvalue weighted by molar-refractivity contribution is -0.253. The standard InChI is InChI=1S/C35H47N6O11P/c1-5-11-29(42)50-35(51-30(43)12-6-2)52-53(47)23-27(33(45)39-17-19-40(20-18-39)34(46)49-7-3)37-32(44)26-21-28(41-16-15-25(22-41)48-4)38-31(36-26)24-13-9-8-10-14-24/h8-10,13-14,21,23,25,27,35H,5-7,11-12,15-20,22H2,1-4H3,(H,37,44)/t25-,27-/m0/s1. The molecule has 0 radical (unpaired) electrons. The van der Waals surface area contributed by atoms with E-state index in [9.17, 15) is 28.9 Å². The molecule has 53 heavy (non-hydrogen) atoms. The van der Waals surface area contributed by atoms with Crippen LogP contribution in [-0.4, -0.2) is 127 Å². The second-order valence-electron chi connectivity index (χ2n) is 12.2. The van der Waals surface area contributed by atoms with Crippen molar-refractivity contribution in [2.75, 3.05) is 57.9 Å². The minimum atomic E-state index is -3.01. The highest BCUT2D eigenvalue weighted by Crippen LogP contribution is 2.25. The van der Waals surface area contributed by atoms with Gasteiger partial charge >= 0.3 is 24.5 Å². The van der Waals surface area contributed by atoms with Gasteiger partial charge in [-0.25, -0.2) is 14.8 Å². The normalized spacial score (nSPS) is 16.7. The van der Waals surface area contributed by atoms with Crippen molar-refractivity contribution in [3.8, 4) is 11.4 Å². The molecule has 3 heterocycles. The van der Waals surface area contributed by atoms with E-state index >= 15 is 0 Å². The third-order valence-electron chi connectivity index (χ3n) is 8.27. The summed E-state index contributed by atoms with van der Waals surface area (Å²) in [6.45, 7) is 5.07. The number of esters is 2. The fourth-order valence-electron chi connectivity index (χ4n) is 5.51. The molecule has 0 aliphatic carbocycles. The third kappa shape index (κ3) is 12.2. The Morgan fingerprint density at radius 1 is 0.943 bits per heavy atom. The zero-order chi connectivity index (χ0) is 38.3. The number of carbonyl (C=O) groups excluding carboxylic acids is 5. The summed E-state index contributed by atoms with van der Waals surface area (Å²) in [5.74, 6) is -1.26. The highest BCUT2D eigenvalue weighted by atomic mass is 31.1. The first kappa shape index (κ1) is 41.1. The molecular formula is C35H47N6O11P. The van der Waals surface area contributed by atoms with Crippen LogP contribution in [0.25, 0.3) is 11.4 Å². The molecule has 2 saturated heterocycles. The van der Waals surface area contributed by atoms with Gasteiger partial charge in [0.25, 0.3) is 11.8 Å². The van der Waals surface area contributed by atoms with Gasteiger partial charge in [-0.3, -0.25) is 19.2 Å². The lowest BCUT2D eigenvalue weighted by Gasteiger charge is -2.35. The summed E-state index contributed by atoms with van der Waals surface area (Å²) in [5, 5.41) is 2.62. The lowest BCUT2D eigenvalue weighted by Crippen LogP contribution is -2.56. The Morgan fingerprint density at radius 3 is 2.17 bits per heavy atom. The molecule has 3 amide bonds. The van der Waals surface area contributed by atoms with Crippen molar-refractivity contribution >= 4 is 49.5 Å². The number of aromatic nitrogens is 2. The smallest absolute Gasteiger partial charge is 0.409 e. The van der Waals surface area contributed by atoms with E-state index < -0.39 is 50.4 Å². The van der Waals surface area contributed by atoms with Crippen molar-refractivity contribution in [2.45, 2.75) is 71.5 Å². The first-order chi connectivity index (χ1) is 25.5. The number of rotatable bonds is 16. The van der Waals surface area contributed by atoms with Crippen molar-refractivity contribution in [3.05, 3.63) is 42.1 Å². The van der Waals surface area contributed by atoms with Crippen LogP contribution in [0.4, 0.5) is 10.6 Å². The molecule has 2 aliphatic heterocycles. The van der Waals surface area contributed by atoms with Gasteiger partial charge in [0, 0.05) is 70.8 Å². The summed E-state index contributed by atoms with van der Waals surface area (Å²) in [4.78, 5) is 92.2. The summed E-state index contributed by atoms with van der Waals surface area (Å²) >= 11 is 0. The number of hydrogen-bond acceptors (Lipinski definition) is 14. The molecule has 2 aliphatic rings. The van der Waals surface area contributed by atoms with Crippen LogP contribution >= 0.6 is 8.00 Å². The monoisotopic (exact) mass is 758 g/mol. The van der Waals surface area contributed by atoms with Gasteiger partial charge in [-0.15, -0.1) is 0 Å². The van der Waals surface area contributed by atoms with Crippen LogP contribution in [0.1, 0.15) is 63.4 Å². The van der Waals surface area contributed by atoms with Crippen LogP contribution < -0.4 is 15.1 Å². The number of anilines is 1. The van der Waals surface area contributed by atoms with Gasteiger partial charge in [0.15, 0.2) is 11.9 Å². The molecule has 1 aromatic heterocycles. The van der Waals surface area contributed by atoms with Gasteiger partial charge in [0.05, 0.1) is 12.7 Å². The topological polar surface area (TPSA) is 202 Å². The predicted molar refractivity (Wildman–Crippen MR) is 191 cm³/mol. The molecule has 288 valence electrons. The fourth-order valence-corrected chi connectivity index (χ4v) is 6.28. The minimum absolute atomic E-state index is 0.0178. The first-order valence-electron chi connectivity index (χ1n) is 17.7. The van der Waals surface area contributed by atoms with Gasteiger partial charge < -0.3 is 43.9 Å². The van der Waals surface area contributed by atoms with Crippen LogP contribution in [-0.2, 0) is 37.9 Å². The second kappa shape index (κ2) is 20.5. The number of ether oxygens (including phenoxy) is 4. The van der Waals surface area contributed by atoms with E-state index in [1.165, 1.54) is 15.9 Å². The molecule has 1 aromatic carbocycles. The quantitative estimate of drug-likeness (QED) is 0.148. The van der Waals surface area contributed by atoms with Gasteiger partial charge in [-0.05, 0) is 26.2 Å². The number of piperazine rings is 1. The number of amides is 3. The Morgan fingerprint density at radius 2 is 1.58 bits per heavy atom. The van der Waals surface area contributed by atoms with E-state index in [2.05, 4.69) is 10.3 Å². The maximum atomic E-state index is 14.0. The Bertz CT molecular complexity index is 1590. The number of nitrogens with zero attached hydrogens (tertiary/aromatic N) is 5. The lowest BCUT2D eigenvalue weighted by atomic mass is 10.2. The van der Waals surface area contributed by atoms with Crippen molar-refractivity contribution in [3.63, 3.8) is 0 Å². The number of hydrogen-bond donors (Lipinski definition) is 1. The zero-order valence-corrected chi connectivity index (χ0v) is 31.3. The summed E-state index contributed by atoms with van der Waals surface area (Å²) in [7, 11) is -1.38. The van der Waals surface area contributed by atoms with Crippen LogP contribution in [0.15, 0.2) is 36.4 Å². The predicted octanol–water partition coefficient (Wildman–Crippen LogP) is 2.23. The van der Waals surface area contributed by atoms with Gasteiger partial charge in [-0.1, -0.05) is 48.7 Å². The van der Waals surface area contributed by atoms with Crippen molar-refractivity contribution in [1.29, 1.82) is 0 Å². The van der Waals surface area contributed by atoms with Gasteiger partial charge in [0.2, 0.25) is 8.00 Å². The molecule has 3 atom stereocenters. The SMILES string of the molecule is CCCC(=O)OC(OC(=O)CCC)O/[P+]([O-])=C/[C@H](NC(=O)c1cc(N2CC[C@H](OC)C2)nc(-c2ccccc2)n1)C(=O)N1CCN(C(=O)OCC)CC1. The Balaban J connectivity index is 1.64. The third-order valence-corrected chi connectivity index (χ3v) is 9.20. The van der Waals surface area contributed by atoms with E-state index in [-0.39, 0.29) is 63.2 Å². The summed E-state index contributed by atoms with van der Waals surface area (Å²) in [5.41, 5.74) is 0.589. The summed E-state index contributed by atoms with van der Waals surface area (Å²) < 4.78 is 26.1. The van der Waals surface area contributed by atoms with Crippen LogP contribution in [0.3, 0.4) is 0 Å². The van der Waals surface area contributed by atoms with E-state index in [1.807, 2.05) is 23.1 Å². The molecule has 18 heteroatoms. The number of carbonyl (C=O) groups is 5. The molecule has 1 unspecified atom stereocenters. The highest BCUT2D eigenvalue weighted by molar-refractivity contribution is 7.45. The van der Waals surface area contributed by atoms with E-state index in [0.29, 0.717) is 37.3 Å². The van der Waals surface area contributed by atoms with Crippen molar-refractivity contribution < 1.29 is 52.3 Å². The van der Waals surface area contributed by atoms with E-state index in [1.54, 1.807) is 40.0 Å². The Hall–Kier alpha value is -4.70. The largest absolute Gasteiger partial charge is 0.603 e. The van der Waals surface area contributed by atoms with Gasteiger partial charge in [0.1, 0.15) is 17.3 Å². The maximum absolute atomic E-state index is 14.0. The Kier molecular flexibility index (Phi) is 15.9. The molecule has 4 rings (SSSR count). The van der Waals surface area contributed by atoms with Crippen molar-refractivity contribution in [1.82, 2.24) is 25.1 Å². The molecule has 0 spiro atoms. The first-order valence-corrected chi connectivity index (χ1v) is 18.9. The zero-order valence-electron chi connectivity index (χ0n) is 30.4. The highest BCUT2D eigenvalue weighted by Gasteiger charge is 2.34. The number of benzene rings is 1. The fraction of sp³-hybridized carbons (Fsp3) is 0.543. The molecule has 17 nitrogen and oxygen atoms in total. The molecule has 0 saturated carbocycles. The average Bonchev–Trinajstić information content (AvgIpc) is 3.64. The molecule has 0 bridgehead atoms. The van der Waals surface area contributed by atoms with Crippen LogP contribution in [0.2, 0.25) is 0 Å². The second-order valence-corrected chi connectivity index (χ2v) is 13.2. The van der Waals surface area contributed by atoms with Crippen LogP contribution in [0, 0.1) is 0 Å². The summed E-state index contributed by atoms with van der Waals surface area (Å²) in [6, 6.07) is 9.03. The van der Waals surface area contributed by atoms with Gasteiger partial charge in [-0.2, -0.15) is 0 Å². The van der Waals surface area contributed by atoms with Crippen molar-refractivity contribution in [2.24, 2.45) is 0 Å². The van der Waals surface area contributed by atoms with Crippen LogP contribution in [0.5, 0.6) is 0 Å². The molecular weight excluding hydrogens is 711 g/mol. The number of methoxy groups -OCH3 is 1. The average molecular weight is 759 g/mol. The maximum Gasteiger partial charge on any atom is 0.409 e. The molecule has 2 fully saturated rings. The molecule has 1 N–H and O–H groups in total. The van der Waals surface area contributed by atoms with E-state index in [4.69, 9.17) is 28.5 Å². The molecule has 2 aromatic rings.